The molecule has 0 bridgehead atoms. The largest absolute Gasteiger partial charge is 0.292 e. The Kier molecular flexibility index (Phi) is 3.40. The minimum absolute atomic E-state index is 0.210. The number of benzene rings is 1. The lowest BCUT2D eigenvalue weighted by molar-refractivity contribution is 0.740. The van der Waals surface area contributed by atoms with Crippen LogP contribution in [0, 0.1) is 20.8 Å². The van der Waals surface area contributed by atoms with Gasteiger partial charge in [-0.1, -0.05) is 22.9 Å². The summed E-state index contributed by atoms with van der Waals surface area (Å²) in [4.78, 5) is 18.2. The van der Waals surface area contributed by atoms with Crippen LogP contribution in [0.25, 0.3) is 26.1 Å². The van der Waals surface area contributed by atoms with E-state index in [9.17, 15) is 4.79 Å². The zero-order valence-corrected chi connectivity index (χ0v) is 14.9. The second-order valence-electron chi connectivity index (χ2n) is 5.76. The van der Waals surface area contributed by atoms with E-state index in [1.54, 1.807) is 6.07 Å². The highest BCUT2D eigenvalue weighted by molar-refractivity contribution is 7.25. The number of nitrogens with zero attached hydrogens (tertiary/aromatic N) is 4. The Labute approximate surface area is 146 Å². The molecule has 0 radical (unpaired) electrons. The average Bonchev–Trinajstić information content (AvgIpc) is 2.90. The summed E-state index contributed by atoms with van der Waals surface area (Å²) in [5.74, 6) is 0. The number of fused-ring (bicyclic) bond motifs is 3. The molecule has 24 heavy (non-hydrogen) atoms. The smallest absolute Gasteiger partial charge is 0.266 e. The van der Waals surface area contributed by atoms with Gasteiger partial charge in [0.2, 0.25) is 0 Å². The Morgan fingerprint density at radius 3 is 2.67 bits per heavy atom. The highest BCUT2D eigenvalue weighted by atomic mass is 35.5. The van der Waals surface area contributed by atoms with Crippen molar-refractivity contribution >= 4 is 43.4 Å². The Balaban J connectivity index is 2.03. The van der Waals surface area contributed by atoms with Crippen LogP contribution in [-0.2, 0) is 0 Å². The summed E-state index contributed by atoms with van der Waals surface area (Å²) in [6.45, 7) is 5.86. The first-order valence-electron chi connectivity index (χ1n) is 7.38. The molecule has 0 unspecified atom stereocenters. The van der Waals surface area contributed by atoms with Gasteiger partial charge in [0.25, 0.3) is 5.56 Å². The average molecular weight is 357 g/mol. The number of rotatable bonds is 1. The van der Waals surface area contributed by atoms with Crippen molar-refractivity contribution in [3.63, 3.8) is 0 Å². The Hall–Kier alpha value is -2.31. The lowest BCUT2D eigenvalue weighted by Gasteiger charge is -2.05. The van der Waals surface area contributed by atoms with Crippen LogP contribution >= 0.6 is 22.9 Å². The second kappa shape index (κ2) is 5.36. The van der Waals surface area contributed by atoms with Crippen molar-refractivity contribution in [3.05, 3.63) is 56.5 Å². The van der Waals surface area contributed by atoms with Crippen LogP contribution in [0.15, 0.2) is 29.1 Å². The molecule has 0 atom stereocenters. The van der Waals surface area contributed by atoms with E-state index in [4.69, 9.17) is 11.6 Å². The predicted octanol–water partition coefficient (Wildman–Crippen LogP) is 3.97. The van der Waals surface area contributed by atoms with Crippen LogP contribution in [-0.4, -0.2) is 20.0 Å². The minimum Gasteiger partial charge on any atom is -0.266 e. The maximum atomic E-state index is 12.9. The third kappa shape index (κ3) is 2.22. The van der Waals surface area contributed by atoms with Gasteiger partial charge in [-0.05, 0) is 50.1 Å². The van der Waals surface area contributed by atoms with Crippen molar-refractivity contribution in [3.8, 4) is 5.69 Å². The molecule has 4 aromatic rings. The first-order valence-corrected chi connectivity index (χ1v) is 8.58. The normalized spacial score (nSPS) is 11.5. The summed E-state index contributed by atoms with van der Waals surface area (Å²) in [7, 11) is 0. The van der Waals surface area contributed by atoms with Gasteiger partial charge in [-0.15, -0.1) is 16.4 Å². The summed E-state index contributed by atoms with van der Waals surface area (Å²) in [5.41, 5.74) is 3.96. The SMILES string of the molecule is Cc1ccc(-n2nnc3c(sc4nc(C)c(C)cc43)c2=O)cc1Cl. The molecular formula is C17H13ClN4OS. The fraction of sp³-hybridized carbons (Fsp3) is 0.176. The quantitative estimate of drug-likeness (QED) is 0.517. The molecule has 0 aliphatic rings. The number of halogens is 1. The third-order valence-corrected chi connectivity index (χ3v) is 5.60. The molecule has 3 heterocycles. The minimum atomic E-state index is -0.210. The van der Waals surface area contributed by atoms with E-state index in [2.05, 4.69) is 15.3 Å². The van der Waals surface area contributed by atoms with E-state index in [1.165, 1.54) is 16.0 Å². The summed E-state index contributed by atoms with van der Waals surface area (Å²) in [5, 5.41) is 9.83. The fourth-order valence-corrected chi connectivity index (χ4v) is 3.79. The van der Waals surface area contributed by atoms with E-state index < -0.39 is 0 Å². The molecule has 0 fully saturated rings. The molecule has 120 valence electrons. The van der Waals surface area contributed by atoms with Crippen LogP contribution in [0.3, 0.4) is 0 Å². The Morgan fingerprint density at radius 2 is 1.92 bits per heavy atom. The molecule has 0 N–H and O–H groups in total. The van der Waals surface area contributed by atoms with Gasteiger partial charge in [-0.3, -0.25) is 4.79 Å². The number of thiophene rings is 1. The van der Waals surface area contributed by atoms with Gasteiger partial charge in [0.15, 0.2) is 0 Å². The van der Waals surface area contributed by atoms with Gasteiger partial charge in [0.1, 0.15) is 15.0 Å². The van der Waals surface area contributed by atoms with Crippen LogP contribution in [0.4, 0.5) is 0 Å². The van der Waals surface area contributed by atoms with Crippen LogP contribution in [0.5, 0.6) is 0 Å². The number of aromatic nitrogens is 4. The summed E-state index contributed by atoms with van der Waals surface area (Å²) >= 11 is 7.51. The second-order valence-corrected chi connectivity index (χ2v) is 7.17. The standard InChI is InChI=1S/C17H13ClN4OS/c1-8-4-5-11(7-13(8)18)22-17(23)15-14(20-21-22)12-6-9(2)10(3)19-16(12)24-15/h4-7H,1-3H3. The zero-order valence-electron chi connectivity index (χ0n) is 13.3. The maximum absolute atomic E-state index is 12.9. The van der Waals surface area contributed by atoms with E-state index >= 15 is 0 Å². The van der Waals surface area contributed by atoms with Crippen molar-refractivity contribution < 1.29 is 0 Å². The van der Waals surface area contributed by atoms with Crippen molar-refractivity contribution in [2.24, 2.45) is 0 Å². The van der Waals surface area contributed by atoms with Crippen molar-refractivity contribution in [1.29, 1.82) is 0 Å². The molecule has 0 saturated heterocycles. The molecule has 3 aromatic heterocycles. The topological polar surface area (TPSA) is 60.7 Å². The Morgan fingerprint density at radius 1 is 1.12 bits per heavy atom. The summed E-state index contributed by atoms with van der Waals surface area (Å²) < 4.78 is 1.83. The molecule has 0 saturated carbocycles. The highest BCUT2D eigenvalue weighted by Crippen LogP contribution is 2.30. The molecule has 1 aromatic carbocycles. The predicted molar refractivity (Wildman–Crippen MR) is 97.5 cm³/mol. The number of pyridine rings is 1. The van der Waals surface area contributed by atoms with Gasteiger partial charge in [0.05, 0.1) is 5.69 Å². The van der Waals surface area contributed by atoms with Crippen LogP contribution in [0.2, 0.25) is 5.02 Å². The van der Waals surface area contributed by atoms with Crippen molar-refractivity contribution in [2.75, 3.05) is 0 Å². The molecule has 0 spiro atoms. The molecule has 0 aliphatic carbocycles. The number of aryl methyl sites for hydroxylation is 3. The first-order chi connectivity index (χ1) is 11.5. The van der Waals surface area contributed by atoms with E-state index in [0.717, 1.165) is 27.0 Å². The molecule has 4 rings (SSSR count). The van der Waals surface area contributed by atoms with Crippen molar-refractivity contribution in [1.82, 2.24) is 20.0 Å². The highest BCUT2D eigenvalue weighted by Gasteiger charge is 2.15. The lowest BCUT2D eigenvalue weighted by atomic mass is 10.2. The van der Waals surface area contributed by atoms with Gasteiger partial charge in [-0.25, -0.2) is 4.98 Å². The van der Waals surface area contributed by atoms with Gasteiger partial charge < -0.3 is 0 Å². The lowest BCUT2D eigenvalue weighted by Crippen LogP contribution is -2.21. The first kappa shape index (κ1) is 15.2. The number of hydrogen-bond donors (Lipinski definition) is 0. The molecule has 7 heteroatoms. The van der Waals surface area contributed by atoms with E-state index in [1.807, 2.05) is 39.0 Å². The summed E-state index contributed by atoms with van der Waals surface area (Å²) in [6, 6.07) is 7.40. The van der Waals surface area contributed by atoms with E-state index in [0.29, 0.717) is 20.9 Å². The van der Waals surface area contributed by atoms with Crippen molar-refractivity contribution in [2.45, 2.75) is 20.8 Å². The molecule has 5 nitrogen and oxygen atoms in total. The Bertz CT molecular complexity index is 1180. The molecular weight excluding hydrogens is 344 g/mol. The molecule has 0 aliphatic heterocycles. The van der Waals surface area contributed by atoms with Gasteiger partial charge in [0, 0.05) is 16.1 Å². The van der Waals surface area contributed by atoms with Crippen LogP contribution in [0.1, 0.15) is 16.8 Å². The third-order valence-electron chi connectivity index (χ3n) is 4.12. The van der Waals surface area contributed by atoms with E-state index in [-0.39, 0.29) is 5.56 Å². The monoisotopic (exact) mass is 356 g/mol. The van der Waals surface area contributed by atoms with Gasteiger partial charge in [-0.2, -0.15) is 4.68 Å². The molecule has 0 amide bonds. The van der Waals surface area contributed by atoms with Crippen LogP contribution < -0.4 is 5.56 Å². The van der Waals surface area contributed by atoms with Gasteiger partial charge >= 0.3 is 0 Å². The zero-order chi connectivity index (χ0) is 17.0. The number of hydrogen-bond acceptors (Lipinski definition) is 5. The maximum Gasteiger partial charge on any atom is 0.292 e. The fourth-order valence-electron chi connectivity index (χ4n) is 2.55. The summed E-state index contributed by atoms with van der Waals surface area (Å²) in [6.07, 6.45) is 0.